The number of nitrogens with zero attached hydrogens (tertiary/aromatic N) is 4. The lowest BCUT2D eigenvalue weighted by Gasteiger charge is -2.20. The zero-order valence-electron chi connectivity index (χ0n) is 11.9. The van der Waals surface area contributed by atoms with E-state index in [-0.39, 0.29) is 29.5 Å². The summed E-state index contributed by atoms with van der Waals surface area (Å²) in [4.78, 5) is 22.2. The van der Waals surface area contributed by atoms with Crippen LogP contribution in [0.4, 0.5) is 0 Å². The van der Waals surface area contributed by atoms with Crippen molar-refractivity contribution in [3.63, 3.8) is 0 Å². The molecule has 110 valence electrons. The van der Waals surface area contributed by atoms with Crippen LogP contribution in [0.1, 0.15) is 37.8 Å². The molecular weight excluding hydrogens is 268 g/mol. The van der Waals surface area contributed by atoms with Gasteiger partial charge in [-0.25, -0.2) is 9.97 Å². The number of hydrogen-bond acceptors (Lipinski definition) is 5. The van der Waals surface area contributed by atoms with Crippen LogP contribution in [0, 0.1) is 17.2 Å². The second-order valence-electron chi connectivity index (χ2n) is 5.62. The number of nitriles is 1. The molecule has 2 fully saturated rings. The third-order valence-corrected chi connectivity index (χ3v) is 4.21. The van der Waals surface area contributed by atoms with Gasteiger partial charge in [0.25, 0.3) is 5.88 Å². The molecule has 6 heteroatoms. The van der Waals surface area contributed by atoms with E-state index in [9.17, 15) is 4.79 Å². The van der Waals surface area contributed by atoms with Gasteiger partial charge in [0, 0.05) is 31.3 Å². The van der Waals surface area contributed by atoms with Gasteiger partial charge < -0.3 is 9.64 Å². The lowest BCUT2D eigenvalue weighted by Crippen LogP contribution is -2.35. The second-order valence-corrected chi connectivity index (χ2v) is 5.62. The molecule has 1 aliphatic carbocycles. The van der Waals surface area contributed by atoms with E-state index in [2.05, 4.69) is 9.97 Å². The van der Waals surface area contributed by atoms with Gasteiger partial charge in [0.15, 0.2) is 0 Å². The zero-order chi connectivity index (χ0) is 14.7. The molecule has 21 heavy (non-hydrogen) atoms. The quantitative estimate of drug-likeness (QED) is 0.841. The second kappa shape index (κ2) is 6.08. The van der Waals surface area contributed by atoms with Crippen molar-refractivity contribution < 1.29 is 9.53 Å². The summed E-state index contributed by atoms with van der Waals surface area (Å²) >= 11 is 0. The topological polar surface area (TPSA) is 79.1 Å². The molecular formula is C15H18N4O2. The summed E-state index contributed by atoms with van der Waals surface area (Å²) in [7, 11) is 0. The average Bonchev–Trinajstić information content (AvgIpc) is 3.19. The minimum atomic E-state index is -0.0980. The molecule has 1 aromatic rings. The van der Waals surface area contributed by atoms with Crippen LogP contribution in [0.15, 0.2) is 12.4 Å². The number of carbonyl (C=O) groups excluding carboxylic acids is 1. The Morgan fingerprint density at radius 1 is 1.29 bits per heavy atom. The Hall–Kier alpha value is -2.16. The maximum Gasteiger partial charge on any atom is 0.251 e. The minimum Gasteiger partial charge on any atom is -0.470 e. The van der Waals surface area contributed by atoms with Crippen LogP contribution in [0.5, 0.6) is 5.88 Å². The van der Waals surface area contributed by atoms with Gasteiger partial charge in [0.05, 0.1) is 6.54 Å². The third kappa shape index (κ3) is 2.97. The highest BCUT2D eigenvalue weighted by Gasteiger charge is 2.33. The van der Waals surface area contributed by atoms with Crippen LogP contribution in [-0.2, 0) is 4.79 Å². The molecule has 1 aliphatic heterocycles. The molecule has 1 atom stereocenters. The van der Waals surface area contributed by atoms with Crippen molar-refractivity contribution in [3.05, 3.63) is 18.1 Å². The highest BCUT2D eigenvalue weighted by molar-refractivity contribution is 5.79. The van der Waals surface area contributed by atoms with E-state index >= 15 is 0 Å². The number of aromatic nitrogens is 2. The van der Waals surface area contributed by atoms with Crippen molar-refractivity contribution in [3.8, 4) is 11.9 Å². The van der Waals surface area contributed by atoms with E-state index < -0.39 is 0 Å². The molecule has 1 unspecified atom stereocenters. The van der Waals surface area contributed by atoms with E-state index in [1.807, 2.05) is 11.0 Å². The van der Waals surface area contributed by atoms with Crippen LogP contribution in [-0.4, -0.2) is 40.0 Å². The molecule has 1 amide bonds. The summed E-state index contributed by atoms with van der Waals surface area (Å²) in [5.41, 5.74) is 0.193. The monoisotopic (exact) mass is 286 g/mol. The van der Waals surface area contributed by atoms with Gasteiger partial charge in [-0.2, -0.15) is 5.26 Å². The maximum atomic E-state index is 12.4. The molecule has 2 heterocycles. The van der Waals surface area contributed by atoms with Gasteiger partial charge in [0.1, 0.15) is 12.2 Å². The summed E-state index contributed by atoms with van der Waals surface area (Å²) in [6.45, 7) is 1.30. The maximum absolute atomic E-state index is 12.4. The number of hydrogen-bond donors (Lipinski definition) is 0. The van der Waals surface area contributed by atoms with Gasteiger partial charge >= 0.3 is 0 Å². The first kappa shape index (κ1) is 13.8. The predicted molar refractivity (Wildman–Crippen MR) is 74.3 cm³/mol. The summed E-state index contributed by atoms with van der Waals surface area (Å²) in [5.74, 6) is 0.730. The van der Waals surface area contributed by atoms with Crippen LogP contribution in [0.2, 0.25) is 0 Å². The van der Waals surface area contributed by atoms with Gasteiger partial charge in [0.2, 0.25) is 11.6 Å². The fraction of sp³-hybridized carbons (Fsp3) is 0.600. The van der Waals surface area contributed by atoms with Crippen LogP contribution in [0.3, 0.4) is 0 Å². The first-order chi connectivity index (χ1) is 10.3. The predicted octanol–water partition coefficient (Wildman–Crippen LogP) is 1.52. The molecule has 6 nitrogen and oxygen atoms in total. The number of amides is 1. The van der Waals surface area contributed by atoms with Crippen molar-refractivity contribution in [2.45, 2.75) is 38.2 Å². The molecule has 1 aromatic heterocycles. The van der Waals surface area contributed by atoms with Gasteiger partial charge in [-0.3, -0.25) is 4.79 Å². The van der Waals surface area contributed by atoms with E-state index in [1.165, 1.54) is 12.4 Å². The van der Waals surface area contributed by atoms with Crippen LogP contribution in [0.25, 0.3) is 0 Å². The molecule has 0 bridgehead atoms. The van der Waals surface area contributed by atoms with Gasteiger partial charge in [-0.15, -0.1) is 0 Å². The lowest BCUT2D eigenvalue weighted by molar-refractivity contribution is -0.134. The molecule has 1 saturated carbocycles. The standard InChI is InChI=1S/C15H18N4O2/c16-9-13-14(18-7-6-17-13)21-12-5-8-19(10-12)15(20)11-3-1-2-4-11/h6-7,11-12H,1-5,8,10H2. The van der Waals surface area contributed by atoms with E-state index in [0.29, 0.717) is 6.54 Å². The van der Waals surface area contributed by atoms with E-state index in [0.717, 1.165) is 38.6 Å². The van der Waals surface area contributed by atoms with Crippen molar-refractivity contribution >= 4 is 5.91 Å². The Morgan fingerprint density at radius 3 is 2.81 bits per heavy atom. The molecule has 0 spiro atoms. The average molecular weight is 286 g/mol. The first-order valence-electron chi connectivity index (χ1n) is 7.44. The Balaban J connectivity index is 1.59. The highest BCUT2D eigenvalue weighted by atomic mass is 16.5. The fourth-order valence-corrected chi connectivity index (χ4v) is 3.10. The Labute approximate surface area is 123 Å². The number of ether oxygens (including phenoxy) is 1. The summed E-state index contributed by atoms with van der Waals surface area (Å²) in [6, 6.07) is 1.97. The molecule has 0 N–H and O–H groups in total. The number of likely N-dealkylation sites (tertiary alicyclic amines) is 1. The summed E-state index contributed by atoms with van der Waals surface area (Å²) in [6.07, 6.45) is 8.01. The number of rotatable bonds is 3. The van der Waals surface area contributed by atoms with E-state index in [4.69, 9.17) is 10.00 Å². The molecule has 0 aromatic carbocycles. The normalized spacial score (nSPS) is 22.2. The zero-order valence-corrected chi connectivity index (χ0v) is 11.9. The largest absolute Gasteiger partial charge is 0.470 e. The molecule has 0 radical (unpaired) electrons. The van der Waals surface area contributed by atoms with Gasteiger partial charge in [-0.05, 0) is 12.8 Å². The Bertz CT molecular complexity index is 563. The Kier molecular flexibility index (Phi) is 4.00. The van der Waals surface area contributed by atoms with Crippen molar-refractivity contribution in [1.82, 2.24) is 14.9 Å². The fourth-order valence-electron chi connectivity index (χ4n) is 3.10. The Morgan fingerprint density at radius 2 is 2.05 bits per heavy atom. The smallest absolute Gasteiger partial charge is 0.251 e. The van der Waals surface area contributed by atoms with E-state index in [1.54, 1.807) is 0 Å². The molecule has 1 saturated heterocycles. The number of carbonyl (C=O) groups is 1. The first-order valence-corrected chi connectivity index (χ1v) is 7.44. The van der Waals surface area contributed by atoms with Gasteiger partial charge in [-0.1, -0.05) is 12.8 Å². The third-order valence-electron chi connectivity index (χ3n) is 4.21. The van der Waals surface area contributed by atoms with Crippen molar-refractivity contribution in [2.75, 3.05) is 13.1 Å². The summed E-state index contributed by atoms with van der Waals surface area (Å²) in [5, 5.41) is 8.98. The summed E-state index contributed by atoms with van der Waals surface area (Å²) < 4.78 is 5.75. The van der Waals surface area contributed by atoms with Crippen molar-refractivity contribution in [1.29, 1.82) is 5.26 Å². The molecule has 3 rings (SSSR count). The van der Waals surface area contributed by atoms with Crippen molar-refractivity contribution in [2.24, 2.45) is 5.92 Å². The highest BCUT2D eigenvalue weighted by Crippen LogP contribution is 2.28. The lowest BCUT2D eigenvalue weighted by atomic mass is 10.1. The van der Waals surface area contributed by atoms with Crippen LogP contribution >= 0.6 is 0 Å². The van der Waals surface area contributed by atoms with Crippen LogP contribution < -0.4 is 4.74 Å². The molecule has 2 aliphatic rings. The minimum absolute atomic E-state index is 0.0980. The SMILES string of the molecule is N#Cc1nccnc1OC1CCN(C(=O)C2CCCC2)C1.